The van der Waals surface area contributed by atoms with E-state index in [1.807, 2.05) is 6.07 Å². The van der Waals surface area contributed by atoms with Crippen LogP contribution < -0.4 is 0 Å². The van der Waals surface area contributed by atoms with E-state index in [0.717, 1.165) is 18.6 Å². The Morgan fingerprint density at radius 3 is 2.85 bits per heavy atom. The maximum Gasteiger partial charge on any atom is 0.258 e. The highest BCUT2D eigenvalue weighted by molar-refractivity contribution is 5.98. The number of likely N-dealkylation sites (tertiary alicyclic amines) is 1. The van der Waals surface area contributed by atoms with Crippen LogP contribution in [0.15, 0.2) is 41.0 Å². The van der Waals surface area contributed by atoms with Gasteiger partial charge in [0.05, 0.1) is 17.9 Å². The molecular weight excluding hydrogens is 258 g/mol. The number of nitrogens with zero attached hydrogens (tertiary/aromatic N) is 1. The van der Waals surface area contributed by atoms with Crippen molar-refractivity contribution in [2.24, 2.45) is 0 Å². The molecule has 3 rings (SSSR count). The summed E-state index contributed by atoms with van der Waals surface area (Å²) >= 11 is 0. The smallest absolute Gasteiger partial charge is 0.258 e. The van der Waals surface area contributed by atoms with Crippen LogP contribution in [0.5, 0.6) is 11.5 Å². The maximum atomic E-state index is 12.5. The standard InChI is InChI=1S/C15H15NO4/c17-12-6-1-4-10(14(12)18)15(19)16-8-2-5-11(16)13-7-3-9-20-13/h1,3-4,6-7,9,11,17-18H,2,5,8H2/t11-/m1/s1. The Bertz CT molecular complexity index is 621. The fraction of sp³-hybridized carbons (Fsp3) is 0.267. The molecule has 1 aromatic heterocycles. The highest BCUT2D eigenvalue weighted by atomic mass is 16.3. The molecule has 1 aromatic carbocycles. The van der Waals surface area contributed by atoms with Crippen molar-refractivity contribution in [3.05, 3.63) is 47.9 Å². The fourth-order valence-electron chi connectivity index (χ4n) is 2.65. The molecule has 0 aliphatic carbocycles. The Labute approximate surface area is 116 Å². The summed E-state index contributed by atoms with van der Waals surface area (Å²) in [6.07, 6.45) is 3.30. The van der Waals surface area contributed by atoms with E-state index in [9.17, 15) is 15.0 Å². The van der Waals surface area contributed by atoms with Crippen LogP contribution in [-0.2, 0) is 0 Å². The molecule has 0 saturated carbocycles. The number of amides is 1. The number of phenols is 2. The second kappa shape index (κ2) is 4.92. The number of hydrogen-bond acceptors (Lipinski definition) is 4. The van der Waals surface area contributed by atoms with Crippen molar-refractivity contribution in [2.75, 3.05) is 6.54 Å². The second-order valence-electron chi connectivity index (χ2n) is 4.85. The highest BCUT2D eigenvalue weighted by Gasteiger charge is 2.33. The minimum atomic E-state index is -0.373. The molecule has 1 aliphatic heterocycles. The van der Waals surface area contributed by atoms with E-state index in [0.29, 0.717) is 6.54 Å². The number of carbonyl (C=O) groups is 1. The predicted molar refractivity (Wildman–Crippen MR) is 71.5 cm³/mol. The van der Waals surface area contributed by atoms with E-state index in [-0.39, 0.29) is 29.0 Å². The van der Waals surface area contributed by atoms with E-state index in [1.54, 1.807) is 23.3 Å². The zero-order chi connectivity index (χ0) is 14.1. The number of furan rings is 1. The molecule has 0 unspecified atom stereocenters. The Morgan fingerprint density at radius 1 is 1.25 bits per heavy atom. The van der Waals surface area contributed by atoms with Crippen molar-refractivity contribution in [3.8, 4) is 11.5 Å². The summed E-state index contributed by atoms with van der Waals surface area (Å²) in [6.45, 7) is 0.610. The van der Waals surface area contributed by atoms with Gasteiger partial charge in [-0.2, -0.15) is 0 Å². The predicted octanol–water partition coefficient (Wildman–Crippen LogP) is 2.67. The van der Waals surface area contributed by atoms with Gasteiger partial charge in [-0.15, -0.1) is 0 Å². The topological polar surface area (TPSA) is 73.9 Å². The van der Waals surface area contributed by atoms with Crippen molar-refractivity contribution >= 4 is 5.91 Å². The fourth-order valence-corrected chi connectivity index (χ4v) is 2.65. The molecular formula is C15H15NO4. The Kier molecular flexibility index (Phi) is 3.10. The number of aromatic hydroxyl groups is 2. The number of phenolic OH excluding ortho intramolecular Hbond substituents is 2. The van der Waals surface area contributed by atoms with Crippen LogP contribution in [0.2, 0.25) is 0 Å². The average molecular weight is 273 g/mol. The molecule has 2 N–H and O–H groups in total. The maximum absolute atomic E-state index is 12.5. The van der Waals surface area contributed by atoms with Gasteiger partial charge in [0.1, 0.15) is 5.76 Å². The molecule has 2 heterocycles. The number of benzene rings is 1. The van der Waals surface area contributed by atoms with Crippen LogP contribution in [-0.4, -0.2) is 27.6 Å². The second-order valence-corrected chi connectivity index (χ2v) is 4.85. The van der Waals surface area contributed by atoms with Gasteiger partial charge in [0.15, 0.2) is 11.5 Å². The molecule has 0 bridgehead atoms. The lowest BCUT2D eigenvalue weighted by Crippen LogP contribution is -2.30. The lowest BCUT2D eigenvalue weighted by molar-refractivity contribution is 0.0716. The first-order chi connectivity index (χ1) is 9.68. The van der Waals surface area contributed by atoms with Gasteiger partial charge in [-0.1, -0.05) is 6.07 Å². The number of para-hydroxylation sites is 1. The van der Waals surface area contributed by atoms with Gasteiger partial charge in [-0.25, -0.2) is 0 Å². The summed E-state index contributed by atoms with van der Waals surface area (Å²) < 4.78 is 5.38. The Morgan fingerprint density at radius 2 is 2.10 bits per heavy atom. The SMILES string of the molecule is O=C(c1cccc(O)c1O)N1CCC[C@@H]1c1ccco1. The molecule has 5 heteroatoms. The summed E-state index contributed by atoms with van der Waals surface area (Å²) in [5.41, 5.74) is 0.114. The van der Waals surface area contributed by atoms with E-state index in [4.69, 9.17) is 4.42 Å². The first-order valence-corrected chi connectivity index (χ1v) is 6.54. The zero-order valence-corrected chi connectivity index (χ0v) is 10.8. The Balaban J connectivity index is 1.92. The van der Waals surface area contributed by atoms with Gasteiger partial charge in [0.2, 0.25) is 0 Å². The first kappa shape index (κ1) is 12.6. The molecule has 2 aromatic rings. The summed E-state index contributed by atoms with van der Waals surface area (Å²) in [4.78, 5) is 14.2. The van der Waals surface area contributed by atoms with Crippen LogP contribution in [0.1, 0.15) is 35.0 Å². The summed E-state index contributed by atoms with van der Waals surface area (Å²) in [7, 11) is 0. The first-order valence-electron chi connectivity index (χ1n) is 6.54. The summed E-state index contributed by atoms with van der Waals surface area (Å²) in [5.74, 6) is -0.208. The van der Waals surface area contributed by atoms with E-state index < -0.39 is 0 Å². The van der Waals surface area contributed by atoms with Crippen LogP contribution in [0.3, 0.4) is 0 Å². The van der Waals surface area contributed by atoms with Gasteiger partial charge in [0, 0.05) is 6.54 Å². The van der Waals surface area contributed by atoms with Crippen molar-refractivity contribution in [2.45, 2.75) is 18.9 Å². The minimum Gasteiger partial charge on any atom is -0.504 e. The molecule has 20 heavy (non-hydrogen) atoms. The van der Waals surface area contributed by atoms with Crippen LogP contribution in [0.25, 0.3) is 0 Å². The normalized spacial score (nSPS) is 18.4. The molecule has 5 nitrogen and oxygen atoms in total. The van der Waals surface area contributed by atoms with Gasteiger partial charge in [-0.05, 0) is 37.1 Å². The van der Waals surface area contributed by atoms with E-state index in [1.165, 1.54) is 12.1 Å². The van der Waals surface area contributed by atoms with Crippen LogP contribution >= 0.6 is 0 Å². The molecule has 0 spiro atoms. The number of rotatable bonds is 2. The number of carbonyl (C=O) groups excluding carboxylic acids is 1. The third kappa shape index (κ3) is 2.01. The molecule has 1 atom stereocenters. The van der Waals surface area contributed by atoms with Gasteiger partial charge in [-0.3, -0.25) is 4.79 Å². The van der Waals surface area contributed by atoms with Crippen molar-refractivity contribution in [1.29, 1.82) is 0 Å². The summed E-state index contributed by atoms with van der Waals surface area (Å²) in [6, 6.07) is 7.93. The lowest BCUT2D eigenvalue weighted by Gasteiger charge is -2.23. The average Bonchev–Trinajstić information content (AvgIpc) is 3.10. The molecule has 104 valence electrons. The third-order valence-electron chi connectivity index (χ3n) is 3.63. The van der Waals surface area contributed by atoms with Gasteiger partial charge in [0.25, 0.3) is 5.91 Å². The third-order valence-corrected chi connectivity index (χ3v) is 3.63. The van der Waals surface area contributed by atoms with Gasteiger partial charge >= 0.3 is 0 Å². The highest BCUT2D eigenvalue weighted by Crippen LogP contribution is 2.36. The van der Waals surface area contributed by atoms with Gasteiger partial charge < -0.3 is 19.5 Å². The molecule has 1 saturated heterocycles. The Hall–Kier alpha value is -2.43. The van der Waals surface area contributed by atoms with Crippen LogP contribution in [0, 0.1) is 0 Å². The minimum absolute atomic E-state index is 0.112. The van der Waals surface area contributed by atoms with E-state index in [2.05, 4.69) is 0 Å². The largest absolute Gasteiger partial charge is 0.504 e. The zero-order valence-electron chi connectivity index (χ0n) is 10.8. The van der Waals surface area contributed by atoms with Crippen LogP contribution in [0.4, 0.5) is 0 Å². The molecule has 0 radical (unpaired) electrons. The van der Waals surface area contributed by atoms with Crippen molar-refractivity contribution < 1.29 is 19.4 Å². The lowest BCUT2D eigenvalue weighted by atomic mass is 10.1. The molecule has 1 amide bonds. The summed E-state index contributed by atoms with van der Waals surface area (Å²) in [5, 5.41) is 19.3. The van der Waals surface area contributed by atoms with Crippen molar-refractivity contribution in [3.63, 3.8) is 0 Å². The quantitative estimate of drug-likeness (QED) is 0.825. The number of hydrogen-bond donors (Lipinski definition) is 2. The molecule has 1 fully saturated rings. The monoisotopic (exact) mass is 273 g/mol. The van der Waals surface area contributed by atoms with Crippen molar-refractivity contribution in [1.82, 2.24) is 4.90 Å². The van der Waals surface area contributed by atoms with E-state index >= 15 is 0 Å². The molecule has 1 aliphatic rings.